The van der Waals surface area contributed by atoms with Gasteiger partial charge in [0.2, 0.25) is 0 Å². The Morgan fingerprint density at radius 3 is 2.37 bits per heavy atom. The van der Waals surface area contributed by atoms with E-state index in [1.54, 1.807) is 16.5 Å². The lowest BCUT2D eigenvalue weighted by molar-refractivity contribution is 0.668. The molecule has 0 aliphatic rings. The smallest absolute Gasteiger partial charge is 0.0383 e. The molecule has 0 saturated carbocycles. The second-order valence-electron chi connectivity index (χ2n) is 5.87. The molecule has 0 bridgehead atoms. The van der Waals surface area contributed by atoms with E-state index in [2.05, 4.69) is 52.1 Å². The first-order chi connectivity index (χ1) is 9.10. The molecule has 0 aliphatic carbocycles. The van der Waals surface area contributed by atoms with Crippen LogP contribution in [0.15, 0.2) is 17.5 Å². The number of thiophene rings is 1. The van der Waals surface area contributed by atoms with E-state index in [9.17, 15) is 0 Å². The summed E-state index contributed by atoms with van der Waals surface area (Å²) in [5, 5.41) is 3.88. The summed E-state index contributed by atoms with van der Waals surface area (Å²) in [6.45, 7) is 11.5. The van der Waals surface area contributed by atoms with Crippen molar-refractivity contribution >= 4 is 21.4 Å². The molecule has 2 atom stereocenters. The fourth-order valence-corrected chi connectivity index (χ4v) is 4.18. The van der Waals surface area contributed by atoms with Gasteiger partial charge in [-0.25, -0.2) is 0 Å². The minimum absolute atomic E-state index is 0.663. The quantitative estimate of drug-likeness (QED) is 0.574. The molecule has 0 aliphatic heterocycles. The van der Waals surface area contributed by atoms with Crippen LogP contribution in [0.5, 0.6) is 0 Å². The Morgan fingerprint density at radius 1 is 1.05 bits per heavy atom. The van der Waals surface area contributed by atoms with Gasteiger partial charge in [-0.05, 0) is 59.1 Å². The van der Waals surface area contributed by atoms with Crippen molar-refractivity contribution in [3.63, 3.8) is 0 Å². The van der Waals surface area contributed by atoms with E-state index in [1.807, 2.05) is 11.3 Å². The predicted octanol–water partition coefficient (Wildman–Crippen LogP) is 6.63. The molecule has 1 aromatic heterocycles. The molecular formula is C18H26S. The molecule has 0 nitrogen and oxygen atoms in total. The first-order valence-electron chi connectivity index (χ1n) is 7.60. The lowest BCUT2D eigenvalue weighted by Gasteiger charge is -2.17. The highest BCUT2D eigenvalue weighted by atomic mass is 32.1. The third-order valence-electron chi connectivity index (χ3n) is 4.36. The molecule has 0 saturated heterocycles. The molecule has 2 aromatic rings. The van der Waals surface area contributed by atoms with Crippen LogP contribution < -0.4 is 0 Å². The SMILES string of the molecule is CCCC(C)c1ccc(C(C)CC)c2scc(C)c12. The van der Waals surface area contributed by atoms with Crippen molar-refractivity contribution < 1.29 is 0 Å². The summed E-state index contributed by atoms with van der Waals surface area (Å²) in [5.41, 5.74) is 4.56. The van der Waals surface area contributed by atoms with Gasteiger partial charge in [0.25, 0.3) is 0 Å². The third kappa shape index (κ3) is 2.72. The van der Waals surface area contributed by atoms with Gasteiger partial charge in [0.05, 0.1) is 0 Å². The highest BCUT2D eigenvalue weighted by molar-refractivity contribution is 7.17. The average molecular weight is 274 g/mol. The van der Waals surface area contributed by atoms with Gasteiger partial charge < -0.3 is 0 Å². The van der Waals surface area contributed by atoms with Gasteiger partial charge >= 0.3 is 0 Å². The molecule has 0 N–H and O–H groups in total. The Morgan fingerprint density at radius 2 is 1.74 bits per heavy atom. The molecule has 0 fully saturated rings. The monoisotopic (exact) mass is 274 g/mol. The minimum atomic E-state index is 0.663. The topological polar surface area (TPSA) is 0 Å². The van der Waals surface area contributed by atoms with Gasteiger partial charge in [0.1, 0.15) is 0 Å². The number of aryl methyl sites for hydroxylation is 1. The van der Waals surface area contributed by atoms with E-state index < -0.39 is 0 Å². The Kier molecular flexibility index (Phi) is 4.67. The maximum absolute atomic E-state index is 2.39. The van der Waals surface area contributed by atoms with E-state index in [4.69, 9.17) is 0 Å². The molecule has 2 unspecified atom stereocenters. The fourth-order valence-electron chi connectivity index (χ4n) is 2.96. The number of benzene rings is 1. The minimum Gasteiger partial charge on any atom is -0.143 e. The van der Waals surface area contributed by atoms with Gasteiger partial charge in [0, 0.05) is 4.70 Å². The summed E-state index contributed by atoms with van der Waals surface area (Å²) in [5.74, 6) is 1.34. The molecule has 0 spiro atoms. The molecule has 1 heterocycles. The van der Waals surface area contributed by atoms with Crippen LogP contribution >= 0.6 is 11.3 Å². The summed E-state index contributed by atoms with van der Waals surface area (Å²) in [6.07, 6.45) is 3.77. The largest absolute Gasteiger partial charge is 0.143 e. The zero-order valence-corrected chi connectivity index (χ0v) is 13.7. The third-order valence-corrected chi connectivity index (χ3v) is 5.51. The standard InChI is InChI=1S/C18H26S/c1-6-8-13(4)15-9-10-16(12(3)7-2)18-17(15)14(5)11-19-18/h9-13H,6-8H2,1-5H3. The van der Waals surface area contributed by atoms with Gasteiger partial charge in [0.15, 0.2) is 0 Å². The maximum atomic E-state index is 2.39. The lowest BCUT2D eigenvalue weighted by Crippen LogP contribution is -1.98. The number of hydrogen-bond donors (Lipinski definition) is 0. The van der Waals surface area contributed by atoms with Gasteiger partial charge in [-0.15, -0.1) is 11.3 Å². The van der Waals surface area contributed by atoms with E-state index >= 15 is 0 Å². The zero-order chi connectivity index (χ0) is 14.0. The molecule has 0 radical (unpaired) electrons. The van der Waals surface area contributed by atoms with Crippen molar-refractivity contribution in [2.75, 3.05) is 0 Å². The Balaban J connectivity index is 2.60. The predicted molar refractivity (Wildman–Crippen MR) is 88.6 cm³/mol. The second kappa shape index (κ2) is 6.09. The van der Waals surface area contributed by atoms with E-state index in [1.165, 1.54) is 29.5 Å². The van der Waals surface area contributed by atoms with Crippen LogP contribution in [0.25, 0.3) is 10.1 Å². The molecule has 19 heavy (non-hydrogen) atoms. The fraction of sp³-hybridized carbons (Fsp3) is 0.556. The van der Waals surface area contributed by atoms with Gasteiger partial charge in [-0.1, -0.05) is 46.2 Å². The molecule has 0 amide bonds. The van der Waals surface area contributed by atoms with Crippen LogP contribution in [0.4, 0.5) is 0 Å². The summed E-state index contributed by atoms with van der Waals surface area (Å²) in [4.78, 5) is 0. The molecular weight excluding hydrogens is 248 g/mol. The summed E-state index contributed by atoms with van der Waals surface area (Å²) in [7, 11) is 0. The van der Waals surface area contributed by atoms with Crippen molar-refractivity contribution in [1.29, 1.82) is 0 Å². The summed E-state index contributed by atoms with van der Waals surface area (Å²) >= 11 is 1.93. The van der Waals surface area contributed by atoms with Crippen molar-refractivity contribution in [3.05, 3.63) is 34.2 Å². The van der Waals surface area contributed by atoms with E-state index in [0.29, 0.717) is 11.8 Å². The van der Waals surface area contributed by atoms with E-state index in [-0.39, 0.29) is 0 Å². The highest BCUT2D eigenvalue weighted by Crippen LogP contribution is 2.39. The Bertz CT molecular complexity index is 550. The summed E-state index contributed by atoms with van der Waals surface area (Å²) < 4.78 is 1.53. The lowest BCUT2D eigenvalue weighted by atomic mass is 9.88. The maximum Gasteiger partial charge on any atom is 0.0383 e. The Hall–Kier alpha value is -0.820. The molecule has 2 rings (SSSR count). The first-order valence-corrected chi connectivity index (χ1v) is 8.48. The van der Waals surface area contributed by atoms with Crippen LogP contribution in [0.2, 0.25) is 0 Å². The zero-order valence-electron chi connectivity index (χ0n) is 12.9. The summed E-state index contributed by atoms with van der Waals surface area (Å²) in [6, 6.07) is 4.78. The van der Waals surface area contributed by atoms with Crippen LogP contribution in [0, 0.1) is 6.92 Å². The van der Waals surface area contributed by atoms with Crippen molar-refractivity contribution in [3.8, 4) is 0 Å². The van der Waals surface area contributed by atoms with Crippen LogP contribution in [0.1, 0.15) is 75.5 Å². The highest BCUT2D eigenvalue weighted by Gasteiger charge is 2.16. The van der Waals surface area contributed by atoms with Crippen molar-refractivity contribution in [1.82, 2.24) is 0 Å². The number of fused-ring (bicyclic) bond motifs is 1. The molecule has 1 aromatic carbocycles. The van der Waals surface area contributed by atoms with Gasteiger partial charge in [-0.2, -0.15) is 0 Å². The van der Waals surface area contributed by atoms with Crippen molar-refractivity contribution in [2.45, 2.75) is 65.7 Å². The van der Waals surface area contributed by atoms with Crippen molar-refractivity contribution in [2.24, 2.45) is 0 Å². The second-order valence-corrected chi connectivity index (χ2v) is 6.75. The molecule has 104 valence electrons. The van der Waals surface area contributed by atoms with Crippen LogP contribution in [-0.4, -0.2) is 0 Å². The van der Waals surface area contributed by atoms with Crippen LogP contribution in [-0.2, 0) is 0 Å². The average Bonchev–Trinajstić information content (AvgIpc) is 2.80. The van der Waals surface area contributed by atoms with Crippen LogP contribution in [0.3, 0.4) is 0 Å². The van der Waals surface area contributed by atoms with E-state index in [0.717, 1.165) is 0 Å². The normalized spacial score (nSPS) is 14.8. The Labute approximate surface area is 121 Å². The number of hydrogen-bond acceptors (Lipinski definition) is 1. The first kappa shape index (κ1) is 14.6. The molecule has 1 heteroatoms. The number of rotatable bonds is 5. The van der Waals surface area contributed by atoms with Gasteiger partial charge in [-0.3, -0.25) is 0 Å².